The minimum absolute atomic E-state index is 0.352. The number of hydrogen-bond acceptors (Lipinski definition) is 4. The van der Waals surface area contributed by atoms with Crippen LogP contribution in [0.25, 0.3) is 0 Å². The van der Waals surface area contributed by atoms with Crippen molar-refractivity contribution >= 4 is 11.6 Å². The standard InChI is InChI=1S/C21H26FN3O2/c1-5-25(6-2)14-18-13-17(9-12-20(18)27-4)15(3)23-24-21(26)16-7-10-19(22)11-8-16/h7-13H,5-6,14H2,1-4H3,(H,24,26)/b23-15+. The Labute approximate surface area is 159 Å². The molecule has 0 saturated heterocycles. The molecule has 2 aromatic carbocycles. The van der Waals surface area contributed by atoms with Crippen molar-refractivity contribution in [2.45, 2.75) is 27.3 Å². The molecule has 0 bridgehead atoms. The Morgan fingerprint density at radius 3 is 2.33 bits per heavy atom. The zero-order valence-electron chi connectivity index (χ0n) is 16.3. The number of benzene rings is 2. The third-order valence-electron chi connectivity index (χ3n) is 4.42. The number of ether oxygens (including phenoxy) is 1. The maximum atomic E-state index is 13.0. The molecule has 0 radical (unpaired) electrons. The van der Waals surface area contributed by atoms with Crippen molar-refractivity contribution in [2.24, 2.45) is 5.10 Å². The van der Waals surface area contributed by atoms with E-state index >= 15 is 0 Å². The second-order valence-electron chi connectivity index (χ2n) is 6.13. The first-order valence-electron chi connectivity index (χ1n) is 8.98. The topological polar surface area (TPSA) is 53.9 Å². The van der Waals surface area contributed by atoms with Gasteiger partial charge in [-0.05, 0) is 68.0 Å². The van der Waals surface area contributed by atoms with Crippen molar-refractivity contribution in [2.75, 3.05) is 20.2 Å². The monoisotopic (exact) mass is 371 g/mol. The highest BCUT2D eigenvalue weighted by Gasteiger charge is 2.10. The summed E-state index contributed by atoms with van der Waals surface area (Å²) in [6.45, 7) is 8.75. The second-order valence-corrected chi connectivity index (χ2v) is 6.13. The Morgan fingerprint density at radius 1 is 1.11 bits per heavy atom. The molecule has 0 spiro atoms. The first kappa shape index (κ1) is 20.6. The number of carbonyl (C=O) groups excluding carboxylic acids is 1. The summed E-state index contributed by atoms with van der Waals surface area (Å²) in [5.74, 6) is 0.0604. The van der Waals surface area contributed by atoms with Crippen LogP contribution in [0.4, 0.5) is 4.39 Å². The van der Waals surface area contributed by atoms with Crippen molar-refractivity contribution < 1.29 is 13.9 Å². The van der Waals surface area contributed by atoms with E-state index in [-0.39, 0.29) is 11.7 Å². The largest absolute Gasteiger partial charge is 0.496 e. The predicted octanol–water partition coefficient (Wildman–Crippen LogP) is 3.83. The highest BCUT2D eigenvalue weighted by atomic mass is 19.1. The molecule has 6 heteroatoms. The van der Waals surface area contributed by atoms with E-state index in [1.54, 1.807) is 7.11 Å². The van der Waals surface area contributed by atoms with Crippen LogP contribution in [0.5, 0.6) is 5.75 Å². The fourth-order valence-corrected chi connectivity index (χ4v) is 2.68. The molecule has 0 aliphatic rings. The normalized spacial score (nSPS) is 11.6. The van der Waals surface area contributed by atoms with Crippen LogP contribution in [0.15, 0.2) is 47.6 Å². The van der Waals surface area contributed by atoms with Gasteiger partial charge in [0.1, 0.15) is 11.6 Å². The lowest BCUT2D eigenvalue weighted by Crippen LogP contribution is -2.22. The molecule has 0 unspecified atom stereocenters. The van der Waals surface area contributed by atoms with E-state index in [0.29, 0.717) is 11.3 Å². The maximum absolute atomic E-state index is 13.0. The average molecular weight is 371 g/mol. The molecular formula is C21H26FN3O2. The van der Waals surface area contributed by atoms with Gasteiger partial charge < -0.3 is 4.74 Å². The Hall–Kier alpha value is -2.73. The second kappa shape index (κ2) is 9.83. The Bertz CT molecular complexity index is 800. The zero-order valence-corrected chi connectivity index (χ0v) is 16.3. The Balaban J connectivity index is 2.16. The molecule has 0 aliphatic heterocycles. The molecule has 0 heterocycles. The molecular weight excluding hydrogens is 345 g/mol. The molecule has 0 aromatic heterocycles. The number of methoxy groups -OCH3 is 1. The van der Waals surface area contributed by atoms with Gasteiger partial charge in [-0.15, -0.1) is 0 Å². The van der Waals surface area contributed by atoms with Crippen molar-refractivity contribution in [1.29, 1.82) is 0 Å². The highest BCUT2D eigenvalue weighted by Crippen LogP contribution is 2.22. The maximum Gasteiger partial charge on any atom is 0.271 e. The summed E-state index contributed by atoms with van der Waals surface area (Å²) < 4.78 is 18.4. The van der Waals surface area contributed by atoms with Crippen molar-refractivity contribution in [1.82, 2.24) is 10.3 Å². The van der Waals surface area contributed by atoms with Crippen LogP contribution in [0.3, 0.4) is 0 Å². The van der Waals surface area contributed by atoms with Crippen molar-refractivity contribution in [3.05, 3.63) is 65.0 Å². The number of hydrazone groups is 1. The van der Waals surface area contributed by atoms with E-state index in [9.17, 15) is 9.18 Å². The van der Waals surface area contributed by atoms with Crippen LogP contribution in [0.1, 0.15) is 42.3 Å². The van der Waals surface area contributed by atoms with Crippen LogP contribution < -0.4 is 10.2 Å². The number of rotatable bonds is 8. The van der Waals surface area contributed by atoms with Crippen molar-refractivity contribution in [3.63, 3.8) is 0 Å². The predicted molar refractivity (Wildman–Crippen MR) is 106 cm³/mol. The van der Waals surface area contributed by atoms with Gasteiger partial charge in [0.05, 0.1) is 12.8 Å². The van der Waals surface area contributed by atoms with Crippen LogP contribution in [0, 0.1) is 5.82 Å². The van der Waals surface area contributed by atoms with Gasteiger partial charge in [-0.2, -0.15) is 5.10 Å². The van der Waals surface area contributed by atoms with Gasteiger partial charge in [-0.3, -0.25) is 9.69 Å². The van der Waals surface area contributed by atoms with Gasteiger partial charge in [-0.1, -0.05) is 13.8 Å². The number of hydrogen-bond donors (Lipinski definition) is 1. The molecule has 1 amide bonds. The summed E-state index contributed by atoms with van der Waals surface area (Å²) >= 11 is 0. The summed E-state index contributed by atoms with van der Waals surface area (Å²) in [4.78, 5) is 14.4. The summed E-state index contributed by atoms with van der Waals surface area (Å²) in [6.07, 6.45) is 0. The number of nitrogens with zero attached hydrogens (tertiary/aromatic N) is 2. The number of carbonyl (C=O) groups is 1. The first-order chi connectivity index (χ1) is 13.0. The minimum atomic E-state index is -0.384. The molecule has 2 aromatic rings. The van der Waals surface area contributed by atoms with Gasteiger partial charge >= 0.3 is 0 Å². The fourth-order valence-electron chi connectivity index (χ4n) is 2.68. The lowest BCUT2D eigenvalue weighted by molar-refractivity contribution is 0.0955. The molecule has 144 valence electrons. The van der Waals surface area contributed by atoms with E-state index in [4.69, 9.17) is 4.74 Å². The summed E-state index contributed by atoms with van der Waals surface area (Å²) in [5.41, 5.74) is 5.51. The molecule has 2 rings (SSSR count). The quantitative estimate of drug-likeness (QED) is 0.567. The zero-order chi connectivity index (χ0) is 19.8. The van der Waals surface area contributed by atoms with E-state index in [1.807, 2.05) is 25.1 Å². The van der Waals surface area contributed by atoms with E-state index in [1.165, 1.54) is 24.3 Å². The smallest absolute Gasteiger partial charge is 0.271 e. The molecule has 0 fully saturated rings. The fraction of sp³-hybridized carbons (Fsp3) is 0.333. The van der Waals surface area contributed by atoms with Gasteiger partial charge in [0.2, 0.25) is 0 Å². The number of amides is 1. The van der Waals surface area contributed by atoms with Crippen LogP contribution in [-0.2, 0) is 6.54 Å². The van der Waals surface area contributed by atoms with Crippen molar-refractivity contribution in [3.8, 4) is 5.75 Å². The lowest BCUT2D eigenvalue weighted by Gasteiger charge is -2.20. The molecule has 0 saturated carbocycles. The SMILES string of the molecule is CCN(CC)Cc1cc(/C(C)=N/NC(=O)c2ccc(F)cc2)ccc1OC. The molecule has 0 atom stereocenters. The van der Waals surface area contributed by atoms with Crippen LogP contribution in [0.2, 0.25) is 0 Å². The number of nitrogens with one attached hydrogen (secondary N) is 1. The van der Waals surface area contributed by atoms with E-state index in [0.717, 1.165) is 36.5 Å². The lowest BCUT2D eigenvalue weighted by atomic mass is 10.1. The molecule has 0 aliphatic carbocycles. The summed E-state index contributed by atoms with van der Waals surface area (Å²) in [6, 6.07) is 11.2. The van der Waals surface area contributed by atoms with E-state index < -0.39 is 0 Å². The first-order valence-corrected chi connectivity index (χ1v) is 8.98. The third kappa shape index (κ3) is 5.62. The Morgan fingerprint density at radius 2 is 1.74 bits per heavy atom. The summed E-state index contributed by atoms with van der Waals surface area (Å²) in [7, 11) is 1.66. The van der Waals surface area contributed by atoms with E-state index in [2.05, 4.69) is 29.3 Å². The minimum Gasteiger partial charge on any atom is -0.496 e. The van der Waals surface area contributed by atoms with Gasteiger partial charge in [0.25, 0.3) is 5.91 Å². The molecule has 5 nitrogen and oxygen atoms in total. The van der Waals surface area contributed by atoms with Crippen LogP contribution >= 0.6 is 0 Å². The molecule has 1 N–H and O–H groups in total. The highest BCUT2D eigenvalue weighted by molar-refractivity contribution is 6.01. The van der Waals surface area contributed by atoms with Gasteiger partial charge in [0.15, 0.2) is 0 Å². The average Bonchev–Trinajstić information content (AvgIpc) is 2.70. The third-order valence-corrected chi connectivity index (χ3v) is 4.42. The van der Waals surface area contributed by atoms with Crippen LogP contribution in [-0.4, -0.2) is 36.7 Å². The molecule has 27 heavy (non-hydrogen) atoms. The van der Waals surface area contributed by atoms with Gasteiger partial charge in [0, 0.05) is 17.7 Å². The van der Waals surface area contributed by atoms with Gasteiger partial charge in [-0.25, -0.2) is 9.82 Å². The number of halogens is 1. The Kier molecular flexibility index (Phi) is 7.49. The summed E-state index contributed by atoms with van der Waals surface area (Å²) in [5, 5.41) is 4.18.